The second-order valence-electron chi connectivity index (χ2n) is 4.52. The molecule has 0 radical (unpaired) electrons. The van der Waals surface area contributed by atoms with Crippen molar-refractivity contribution >= 4 is 17.1 Å². The van der Waals surface area contributed by atoms with E-state index in [1.807, 2.05) is 0 Å². The number of aromatic amines is 1. The summed E-state index contributed by atoms with van der Waals surface area (Å²) in [6.45, 7) is 0. The lowest BCUT2D eigenvalue weighted by Gasteiger charge is -2.16. The van der Waals surface area contributed by atoms with Crippen molar-refractivity contribution < 1.29 is 19.3 Å². The minimum Gasteiger partial charge on any atom is -0.388 e. The number of nitrogens with one attached hydrogen (secondary N) is 1. The van der Waals surface area contributed by atoms with Crippen molar-refractivity contribution in [2.45, 2.75) is 31.2 Å². The van der Waals surface area contributed by atoms with E-state index in [4.69, 9.17) is 15.6 Å². The lowest BCUT2D eigenvalue weighted by atomic mass is 10.2. The maximum Gasteiger partial charge on any atom is 0.280 e. The summed E-state index contributed by atoms with van der Waals surface area (Å²) in [6, 6.07) is 0. The molecule has 0 bridgehead atoms. The van der Waals surface area contributed by atoms with E-state index in [9.17, 15) is 14.3 Å². The van der Waals surface area contributed by atoms with Gasteiger partial charge in [-0.2, -0.15) is 4.98 Å². The molecule has 4 atom stereocenters. The number of hydrogen-bond donors (Lipinski definition) is 4. The minimum absolute atomic E-state index is 0.0271. The van der Waals surface area contributed by atoms with Crippen LogP contribution >= 0.6 is 0 Å². The Hall–Kier alpha value is -2.04. The molecule has 1 unspecified atom stereocenters. The van der Waals surface area contributed by atoms with E-state index in [1.54, 1.807) is 0 Å². The number of H-pyrrole nitrogens is 1. The van der Waals surface area contributed by atoms with Crippen molar-refractivity contribution in [1.82, 2.24) is 19.5 Å². The van der Waals surface area contributed by atoms with Gasteiger partial charge in [-0.1, -0.05) is 0 Å². The maximum atomic E-state index is 12.8. The standard InChI is InChI=1S/C10H12FN5O4/c11-6(18)4-1-3(17)9(20-4)16-2-13-5-7(16)14-10(12)15-8(5)19/h2-4,6,9,17-18H,1H2,(H3,12,14,15,19)/t3-,4+,6?,9-/m1/s1. The second kappa shape index (κ2) is 4.51. The highest BCUT2D eigenvalue weighted by Crippen LogP contribution is 2.32. The monoisotopic (exact) mass is 285 g/mol. The van der Waals surface area contributed by atoms with Gasteiger partial charge >= 0.3 is 0 Å². The fourth-order valence-electron chi connectivity index (χ4n) is 2.24. The van der Waals surface area contributed by atoms with Crippen molar-refractivity contribution in [3.63, 3.8) is 0 Å². The molecule has 1 saturated heterocycles. The molecule has 0 aliphatic carbocycles. The van der Waals surface area contributed by atoms with Gasteiger partial charge in [-0.25, -0.2) is 9.37 Å². The molecule has 3 rings (SSSR count). The number of imidazole rings is 1. The summed E-state index contributed by atoms with van der Waals surface area (Å²) in [7, 11) is 0. The van der Waals surface area contributed by atoms with Gasteiger partial charge in [0.2, 0.25) is 12.3 Å². The highest BCUT2D eigenvalue weighted by molar-refractivity contribution is 5.70. The third kappa shape index (κ3) is 1.94. The lowest BCUT2D eigenvalue weighted by Crippen LogP contribution is -2.22. The molecule has 1 fully saturated rings. The Labute approximate surface area is 110 Å². The predicted octanol–water partition coefficient (Wildman–Crippen LogP) is -1.36. The topological polar surface area (TPSA) is 139 Å². The van der Waals surface area contributed by atoms with Crippen LogP contribution in [0.5, 0.6) is 0 Å². The largest absolute Gasteiger partial charge is 0.388 e. The van der Waals surface area contributed by atoms with Crippen molar-refractivity contribution in [3.05, 3.63) is 16.7 Å². The first-order valence-corrected chi connectivity index (χ1v) is 5.85. The van der Waals surface area contributed by atoms with E-state index in [0.717, 1.165) is 0 Å². The van der Waals surface area contributed by atoms with Crippen LogP contribution in [0.15, 0.2) is 11.1 Å². The van der Waals surface area contributed by atoms with Gasteiger partial charge in [-0.15, -0.1) is 0 Å². The molecule has 3 heterocycles. The Balaban J connectivity index is 2.05. The number of alkyl halides is 1. The van der Waals surface area contributed by atoms with Crippen LogP contribution in [-0.4, -0.2) is 48.3 Å². The number of halogens is 1. The number of aliphatic hydroxyl groups excluding tert-OH is 2. The average molecular weight is 285 g/mol. The number of nitrogens with two attached hydrogens (primary N) is 1. The summed E-state index contributed by atoms with van der Waals surface area (Å²) < 4.78 is 19.3. The third-order valence-corrected chi connectivity index (χ3v) is 3.15. The van der Waals surface area contributed by atoms with Gasteiger partial charge in [0.25, 0.3) is 5.56 Å². The average Bonchev–Trinajstić information content (AvgIpc) is 2.92. The van der Waals surface area contributed by atoms with Crippen LogP contribution in [-0.2, 0) is 4.74 Å². The number of ether oxygens (including phenoxy) is 1. The van der Waals surface area contributed by atoms with Crippen LogP contribution in [0.4, 0.5) is 10.3 Å². The van der Waals surface area contributed by atoms with Crippen LogP contribution in [0.3, 0.4) is 0 Å². The molecule has 1 aliphatic rings. The van der Waals surface area contributed by atoms with Crippen LogP contribution in [0.1, 0.15) is 12.6 Å². The Morgan fingerprint density at radius 2 is 2.40 bits per heavy atom. The molecule has 0 aromatic carbocycles. The van der Waals surface area contributed by atoms with E-state index in [2.05, 4.69) is 15.0 Å². The molecule has 5 N–H and O–H groups in total. The Bertz CT molecular complexity index is 699. The third-order valence-electron chi connectivity index (χ3n) is 3.15. The van der Waals surface area contributed by atoms with Gasteiger partial charge in [-0.05, 0) is 0 Å². The summed E-state index contributed by atoms with van der Waals surface area (Å²) in [5.41, 5.74) is 5.07. The van der Waals surface area contributed by atoms with Crippen LogP contribution in [0.25, 0.3) is 11.2 Å². The highest BCUT2D eigenvalue weighted by atomic mass is 19.1. The van der Waals surface area contributed by atoms with E-state index in [0.29, 0.717) is 0 Å². The highest BCUT2D eigenvalue weighted by Gasteiger charge is 2.39. The molecule has 108 valence electrons. The molecule has 1 aliphatic heterocycles. The predicted molar refractivity (Wildman–Crippen MR) is 64.2 cm³/mol. The van der Waals surface area contributed by atoms with Crippen molar-refractivity contribution in [1.29, 1.82) is 0 Å². The zero-order valence-electron chi connectivity index (χ0n) is 10.1. The Kier molecular flexibility index (Phi) is 2.92. The molecule has 2 aromatic rings. The van der Waals surface area contributed by atoms with Gasteiger partial charge < -0.3 is 20.7 Å². The molecule has 20 heavy (non-hydrogen) atoms. The van der Waals surface area contributed by atoms with Crippen LogP contribution < -0.4 is 11.3 Å². The van der Waals surface area contributed by atoms with Crippen LogP contribution in [0, 0.1) is 0 Å². The second-order valence-corrected chi connectivity index (χ2v) is 4.52. The van der Waals surface area contributed by atoms with E-state index < -0.39 is 30.4 Å². The van der Waals surface area contributed by atoms with E-state index >= 15 is 0 Å². The molecular formula is C10H12FN5O4. The molecule has 9 nitrogen and oxygen atoms in total. The Morgan fingerprint density at radius 1 is 1.65 bits per heavy atom. The van der Waals surface area contributed by atoms with Crippen molar-refractivity contribution in [3.8, 4) is 0 Å². The summed E-state index contributed by atoms with van der Waals surface area (Å²) in [5.74, 6) is -0.112. The smallest absolute Gasteiger partial charge is 0.280 e. The maximum absolute atomic E-state index is 12.8. The molecule has 0 amide bonds. The number of aromatic nitrogens is 4. The van der Waals surface area contributed by atoms with Gasteiger partial charge in [0.05, 0.1) is 6.33 Å². The van der Waals surface area contributed by atoms with Crippen molar-refractivity contribution in [2.75, 3.05) is 5.73 Å². The first-order chi connectivity index (χ1) is 9.47. The van der Waals surface area contributed by atoms with E-state index in [-0.39, 0.29) is 23.5 Å². The fraction of sp³-hybridized carbons (Fsp3) is 0.500. The zero-order chi connectivity index (χ0) is 14.4. The van der Waals surface area contributed by atoms with Crippen molar-refractivity contribution in [2.24, 2.45) is 0 Å². The number of anilines is 1. The molecular weight excluding hydrogens is 273 g/mol. The summed E-state index contributed by atoms with van der Waals surface area (Å²) in [4.78, 5) is 21.7. The summed E-state index contributed by atoms with van der Waals surface area (Å²) in [5, 5.41) is 18.8. The van der Waals surface area contributed by atoms with Gasteiger partial charge in [0.1, 0.15) is 12.2 Å². The SMILES string of the molecule is Nc1nc2c(ncn2[C@@H]2O[C@H](C(O)F)C[C@H]2O)c(=O)[nH]1. The van der Waals surface area contributed by atoms with Gasteiger partial charge in [-0.3, -0.25) is 14.3 Å². The molecule has 10 heteroatoms. The number of fused-ring (bicyclic) bond motifs is 1. The molecule has 0 spiro atoms. The first-order valence-electron chi connectivity index (χ1n) is 5.85. The normalized spacial score (nSPS) is 28.1. The number of nitrogen functional groups attached to an aromatic ring is 1. The van der Waals surface area contributed by atoms with Gasteiger partial charge in [0, 0.05) is 6.42 Å². The number of rotatable bonds is 2. The quantitative estimate of drug-likeness (QED) is 0.534. The van der Waals surface area contributed by atoms with Crippen LogP contribution in [0.2, 0.25) is 0 Å². The number of nitrogens with zero attached hydrogens (tertiary/aromatic N) is 3. The fourth-order valence-corrected chi connectivity index (χ4v) is 2.24. The molecule has 2 aromatic heterocycles. The molecule has 0 saturated carbocycles. The lowest BCUT2D eigenvalue weighted by molar-refractivity contribution is -0.115. The first kappa shape index (κ1) is 13.0. The number of hydrogen-bond acceptors (Lipinski definition) is 7. The summed E-state index contributed by atoms with van der Waals surface area (Å²) in [6.07, 6.45) is -4.25. The minimum atomic E-state index is -2.20. The summed E-state index contributed by atoms with van der Waals surface area (Å²) >= 11 is 0. The zero-order valence-corrected chi connectivity index (χ0v) is 10.1. The Morgan fingerprint density at radius 3 is 3.05 bits per heavy atom. The van der Waals surface area contributed by atoms with E-state index in [1.165, 1.54) is 10.9 Å². The van der Waals surface area contributed by atoms with Gasteiger partial charge in [0.15, 0.2) is 17.4 Å². The number of aliphatic hydroxyl groups is 2.